The normalized spacial score (nSPS) is 12.6. The summed E-state index contributed by atoms with van der Waals surface area (Å²) in [5.41, 5.74) is 0.821. The van der Waals surface area contributed by atoms with Crippen molar-refractivity contribution in [1.82, 2.24) is 10.6 Å². The number of carbonyl (C=O) groups is 3. The molecule has 0 fully saturated rings. The van der Waals surface area contributed by atoms with E-state index in [-0.39, 0.29) is 38.3 Å². The van der Waals surface area contributed by atoms with Gasteiger partial charge in [0.05, 0.1) is 86.4 Å². The molecule has 0 unspecified atom stereocenters. The Kier molecular flexibility index (Phi) is 24.9. The third kappa shape index (κ3) is 24.1. The SMILES string of the molecule is C#CCOCCOCCOCCOCCOCCOCCOCC(=O)N[C@@H](Cc1ccccc1)C(=O)N[C@@H](CCC(C)(C)C)C(=O)OC. The van der Waals surface area contributed by atoms with E-state index in [1.54, 1.807) is 0 Å². The molecule has 0 spiro atoms. The van der Waals surface area contributed by atoms with E-state index < -0.39 is 29.9 Å². The molecule has 13 nitrogen and oxygen atoms in total. The van der Waals surface area contributed by atoms with E-state index in [4.69, 9.17) is 44.3 Å². The van der Waals surface area contributed by atoms with Crippen molar-refractivity contribution in [2.24, 2.45) is 5.41 Å². The summed E-state index contributed by atoms with van der Waals surface area (Å²) in [7, 11) is 1.29. The van der Waals surface area contributed by atoms with E-state index in [2.05, 4.69) is 37.3 Å². The number of benzene rings is 1. The van der Waals surface area contributed by atoms with E-state index in [1.165, 1.54) is 7.11 Å². The van der Waals surface area contributed by atoms with Crippen LogP contribution in [0.1, 0.15) is 39.2 Å². The molecule has 0 heterocycles. The van der Waals surface area contributed by atoms with Crippen LogP contribution in [0, 0.1) is 17.8 Å². The third-order valence-electron chi connectivity index (χ3n) is 6.57. The number of methoxy groups -OCH3 is 1. The van der Waals surface area contributed by atoms with E-state index in [0.29, 0.717) is 78.9 Å². The summed E-state index contributed by atoms with van der Waals surface area (Å²) in [6.07, 6.45) is 6.43. The Morgan fingerprint density at radius 1 is 0.708 bits per heavy atom. The van der Waals surface area contributed by atoms with Crippen LogP contribution in [0.15, 0.2) is 30.3 Å². The molecule has 48 heavy (non-hydrogen) atoms. The lowest BCUT2D eigenvalue weighted by Gasteiger charge is -2.25. The van der Waals surface area contributed by atoms with Gasteiger partial charge in [0, 0.05) is 6.42 Å². The van der Waals surface area contributed by atoms with E-state index in [9.17, 15) is 14.4 Å². The Morgan fingerprint density at radius 3 is 1.65 bits per heavy atom. The first-order chi connectivity index (χ1) is 23.2. The van der Waals surface area contributed by atoms with Crippen LogP contribution < -0.4 is 10.6 Å². The second-order valence-electron chi connectivity index (χ2n) is 11.9. The topological polar surface area (TPSA) is 149 Å². The maximum absolute atomic E-state index is 13.3. The van der Waals surface area contributed by atoms with Gasteiger partial charge in [0.15, 0.2) is 0 Å². The minimum absolute atomic E-state index is 0.0365. The Balaban J connectivity index is 2.21. The van der Waals surface area contributed by atoms with Crippen LogP contribution in [-0.2, 0) is 58.7 Å². The number of esters is 1. The molecular weight excluding hydrogens is 624 g/mol. The Labute approximate surface area is 286 Å². The van der Waals surface area contributed by atoms with Gasteiger partial charge in [-0.05, 0) is 23.8 Å². The summed E-state index contributed by atoms with van der Waals surface area (Å²) in [4.78, 5) is 38.3. The van der Waals surface area contributed by atoms with Crippen molar-refractivity contribution in [3.05, 3.63) is 35.9 Å². The first-order valence-electron chi connectivity index (χ1n) is 16.4. The summed E-state index contributed by atoms with van der Waals surface area (Å²) in [5, 5.41) is 5.51. The number of nitrogens with one attached hydrogen (secondary N) is 2. The summed E-state index contributed by atoms with van der Waals surface area (Å²) in [5.74, 6) is 0.927. The molecule has 0 aromatic heterocycles. The second-order valence-corrected chi connectivity index (χ2v) is 11.9. The summed E-state index contributed by atoms with van der Waals surface area (Å²) >= 11 is 0. The molecule has 2 atom stereocenters. The lowest BCUT2D eigenvalue weighted by molar-refractivity contribution is -0.145. The highest BCUT2D eigenvalue weighted by atomic mass is 16.6. The quantitative estimate of drug-likeness (QED) is 0.0727. The van der Waals surface area contributed by atoms with Crippen LogP contribution in [0.3, 0.4) is 0 Å². The highest BCUT2D eigenvalue weighted by molar-refractivity contribution is 5.91. The standard InChI is InChI=1S/C35H56N2O11/c1-6-14-42-15-16-43-17-18-44-19-20-45-21-22-46-23-24-47-25-26-48-28-32(38)36-31(27-29-10-8-7-9-11-29)33(39)37-30(34(40)41-5)12-13-35(2,3)4/h1,7-11,30-31H,12-28H2,2-5H3,(H,36,38)(H,37,39)/t30-,31-/m0/s1. The lowest BCUT2D eigenvalue weighted by atomic mass is 9.88. The molecule has 0 saturated heterocycles. The predicted molar refractivity (Wildman–Crippen MR) is 179 cm³/mol. The number of amides is 2. The smallest absolute Gasteiger partial charge is 0.328 e. The van der Waals surface area contributed by atoms with E-state index in [1.807, 2.05) is 30.3 Å². The highest BCUT2D eigenvalue weighted by Crippen LogP contribution is 2.22. The van der Waals surface area contributed by atoms with Gasteiger partial charge < -0.3 is 48.5 Å². The molecule has 13 heteroatoms. The number of rotatable bonds is 29. The molecule has 2 amide bonds. The number of ether oxygens (including phenoxy) is 8. The van der Waals surface area contributed by atoms with Gasteiger partial charge in [-0.1, -0.05) is 57.0 Å². The highest BCUT2D eigenvalue weighted by Gasteiger charge is 2.28. The van der Waals surface area contributed by atoms with Crippen LogP contribution in [0.2, 0.25) is 0 Å². The van der Waals surface area contributed by atoms with Crippen LogP contribution in [0.5, 0.6) is 0 Å². The average molecular weight is 681 g/mol. The minimum atomic E-state index is -0.911. The monoisotopic (exact) mass is 680 g/mol. The number of hydrogen-bond donors (Lipinski definition) is 2. The maximum Gasteiger partial charge on any atom is 0.328 e. The molecule has 1 rings (SSSR count). The van der Waals surface area contributed by atoms with Crippen molar-refractivity contribution >= 4 is 17.8 Å². The minimum Gasteiger partial charge on any atom is -0.467 e. The largest absolute Gasteiger partial charge is 0.467 e. The van der Waals surface area contributed by atoms with Gasteiger partial charge in [-0.3, -0.25) is 9.59 Å². The summed E-state index contributed by atoms with van der Waals surface area (Å²) < 4.78 is 42.6. The molecule has 0 saturated carbocycles. The fraction of sp³-hybridized carbons (Fsp3) is 0.686. The molecule has 1 aromatic rings. The van der Waals surface area contributed by atoms with Crippen molar-refractivity contribution < 1.29 is 52.3 Å². The average Bonchev–Trinajstić information content (AvgIpc) is 3.06. The number of terminal acetylenes is 1. The zero-order valence-corrected chi connectivity index (χ0v) is 29.1. The Morgan fingerprint density at radius 2 is 1.19 bits per heavy atom. The van der Waals surface area contributed by atoms with Gasteiger partial charge in [-0.2, -0.15) is 0 Å². The van der Waals surface area contributed by atoms with Crippen molar-refractivity contribution in [2.75, 3.05) is 99.6 Å². The van der Waals surface area contributed by atoms with Crippen LogP contribution in [0.4, 0.5) is 0 Å². The Bertz CT molecular complexity index is 1030. The van der Waals surface area contributed by atoms with Gasteiger partial charge in [-0.15, -0.1) is 6.42 Å². The van der Waals surface area contributed by atoms with Crippen molar-refractivity contribution in [3.8, 4) is 12.3 Å². The van der Waals surface area contributed by atoms with E-state index >= 15 is 0 Å². The molecule has 0 aliphatic rings. The summed E-state index contributed by atoms with van der Waals surface area (Å²) in [6.45, 7) is 11.1. The second kappa shape index (κ2) is 27.8. The Hall–Kier alpha value is -3.09. The van der Waals surface area contributed by atoms with Crippen LogP contribution in [-0.4, -0.2) is 129 Å². The zero-order valence-electron chi connectivity index (χ0n) is 29.1. The molecule has 2 N–H and O–H groups in total. The molecule has 1 aromatic carbocycles. The molecular formula is C35H56N2O11. The van der Waals surface area contributed by atoms with Gasteiger partial charge in [0.25, 0.3) is 0 Å². The fourth-order valence-electron chi connectivity index (χ4n) is 4.05. The first-order valence-corrected chi connectivity index (χ1v) is 16.4. The zero-order chi connectivity index (χ0) is 35.3. The molecule has 0 aliphatic carbocycles. The summed E-state index contributed by atoms with van der Waals surface area (Å²) in [6, 6.07) is 7.58. The van der Waals surface area contributed by atoms with Gasteiger partial charge in [-0.25, -0.2) is 4.79 Å². The predicted octanol–water partition coefficient (Wildman–Crippen LogP) is 1.95. The molecule has 0 aliphatic heterocycles. The molecule has 272 valence electrons. The number of carbonyl (C=O) groups excluding carboxylic acids is 3. The lowest BCUT2D eigenvalue weighted by Crippen LogP contribution is -2.53. The van der Waals surface area contributed by atoms with E-state index in [0.717, 1.165) is 5.56 Å². The van der Waals surface area contributed by atoms with Crippen LogP contribution >= 0.6 is 0 Å². The van der Waals surface area contributed by atoms with Gasteiger partial charge in [0.2, 0.25) is 11.8 Å². The third-order valence-corrected chi connectivity index (χ3v) is 6.57. The van der Waals surface area contributed by atoms with Crippen molar-refractivity contribution in [1.29, 1.82) is 0 Å². The van der Waals surface area contributed by atoms with Crippen LogP contribution in [0.25, 0.3) is 0 Å². The van der Waals surface area contributed by atoms with Crippen molar-refractivity contribution in [3.63, 3.8) is 0 Å². The van der Waals surface area contributed by atoms with Crippen molar-refractivity contribution in [2.45, 2.75) is 52.1 Å². The van der Waals surface area contributed by atoms with Gasteiger partial charge in [0.1, 0.15) is 25.3 Å². The fourth-order valence-corrected chi connectivity index (χ4v) is 4.05. The van der Waals surface area contributed by atoms with Gasteiger partial charge >= 0.3 is 5.97 Å². The maximum atomic E-state index is 13.3. The molecule has 0 bridgehead atoms. The first kappa shape index (κ1) is 42.9. The number of hydrogen-bond acceptors (Lipinski definition) is 11. The molecule has 0 radical (unpaired) electrons.